The van der Waals surface area contributed by atoms with Crippen LogP contribution in [0.5, 0.6) is 0 Å². The van der Waals surface area contributed by atoms with Crippen molar-refractivity contribution in [2.75, 3.05) is 26.7 Å². The summed E-state index contributed by atoms with van der Waals surface area (Å²) in [4.78, 5) is 53.3. The second kappa shape index (κ2) is 11.3. The van der Waals surface area contributed by atoms with Crippen molar-refractivity contribution in [1.29, 1.82) is 0 Å². The minimum absolute atomic E-state index is 0.176. The highest BCUT2D eigenvalue weighted by atomic mass is 16.5. The maximum Gasteiger partial charge on any atom is 0.325 e. The molecule has 2 atom stereocenters. The Labute approximate surface area is 183 Å². The molecule has 0 spiro atoms. The predicted molar refractivity (Wildman–Crippen MR) is 116 cm³/mol. The third-order valence-corrected chi connectivity index (χ3v) is 5.26. The van der Waals surface area contributed by atoms with E-state index in [1.165, 1.54) is 23.0 Å². The molecule has 3 amide bonds. The van der Waals surface area contributed by atoms with Crippen molar-refractivity contribution in [3.05, 3.63) is 48.6 Å². The van der Waals surface area contributed by atoms with Gasteiger partial charge in [0, 0.05) is 19.5 Å². The summed E-state index contributed by atoms with van der Waals surface area (Å²) in [5.74, 6) is -1.40. The van der Waals surface area contributed by atoms with Crippen LogP contribution in [0.2, 0.25) is 0 Å². The third kappa shape index (κ3) is 6.41. The summed E-state index contributed by atoms with van der Waals surface area (Å²) in [6.45, 7) is 7.75. The molecule has 1 aliphatic heterocycles. The normalized spacial score (nSPS) is 17.3. The predicted octanol–water partition coefficient (Wildman–Crippen LogP) is 1.16. The minimum Gasteiger partial charge on any atom is -0.468 e. The fraction of sp³-hybridized carbons (Fsp3) is 0.478. The molecule has 1 fully saturated rings. The van der Waals surface area contributed by atoms with Gasteiger partial charge in [0.05, 0.1) is 7.11 Å². The van der Waals surface area contributed by atoms with Crippen LogP contribution in [0.3, 0.4) is 0 Å². The first-order valence-electron chi connectivity index (χ1n) is 10.4. The molecule has 1 aromatic rings. The maximum atomic E-state index is 13.4. The molecule has 0 saturated carbocycles. The van der Waals surface area contributed by atoms with Gasteiger partial charge < -0.3 is 19.9 Å². The number of hydrogen-bond acceptors (Lipinski definition) is 5. The standard InChI is InChI=1S/C23H31N3O5/c1-5-20(27)25-11-12-26(23(30)19(25)13-16(2)3)18(14-17-9-7-6-8-10-17)22(29)24-15-21(28)31-4/h5-10,16,18-19H,1,11-15H2,2-4H3,(H,24,29)/t18-,19-/m0/s1. The van der Waals surface area contributed by atoms with Crippen LogP contribution in [-0.2, 0) is 30.3 Å². The Morgan fingerprint density at radius 2 is 1.90 bits per heavy atom. The van der Waals surface area contributed by atoms with E-state index in [-0.39, 0.29) is 30.8 Å². The van der Waals surface area contributed by atoms with Crippen LogP contribution in [0.4, 0.5) is 0 Å². The first-order valence-corrected chi connectivity index (χ1v) is 10.4. The molecule has 8 nitrogen and oxygen atoms in total. The van der Waals surface area contributed by atoms with Crippen LogP contribution < -0.4 is 5.32 Å². The molecule has 31 heavy (non-hydrogen) atoms. The van der Waals surface area contributed by atoms with E-state index in [2.05, 4.69) is 16.6 Å². The number of rotatable bonds is 9. The fourth-order valence-corrected chi connectivity index (χ4v) is 3.70. The SMILES string of the molecule is C=CC(=O)N1CCN([C@@H](Cc2ccccc2)C(=O)NCC(=O)OC)C(=O)[C@@H]1CC(C)C. The number of ether oxygens (including phenoxy) is 1. The van der Waals surface area contributed by atoms with Gasteiger partial charge in [0.2, 0.25) is 17.7 Å². The molecular weight excluding hydrogens is 398 g/mol. The van der Waals surface area contributed by atoms with Gasteiger partial charge in [-0.2, -0.15) is 0 Å². The number of carbonyl (C=O) groups excluding carboxylic acids is 4. The van der Waals surface area contributed by atoms with E-state index in [0.29, 0.717) is 19.4 Å². The number of piperazine rings is 1. The zero-order chi connectivity index (χ0) is 23.0. The molecular formula is C23H31N3O5. The van der Waals surface area contributed by atoms with Gasteiger partial charge in [-0.1, -0.05) is 50.8 Å². The Bertz CT molecular complexity index is 809. The lowest BCUT2D eigenvalue weighted by Gasteiger charge is -2.43. The molecule has 2 rings (SSSR count). The van der Waals surface area contributed by atoms with Crippen molar-refractivity contribution in [3.8, 4) is 0 Å². The summed E-state index contributed by atoms with van der Waals surface area (Å²) < 4.78 is 4.59. The maximum absolute atomic E-state index is 13.4. The smallest absolute Gasteiger partial charge is 0.325 e. The topological polar surface area (TPSA) is 96.0 Å². The fourth-order valence-electron chi connectivity index (χ4n) is 3.70. The summed E-state index contributed by atoms with van der Waals surface area (Å²) in [5.41, 5.74) is 0.888. The molecule has 0 bridgehead atoms. The lowest BCUT2D eigenvalue weighted by molar-refractivity contribution is -0.155. The van der Waals surface area contributed by atoms with E-state index >= 15 is 0 Å². The van der Waals surface area contributed by atoms with Gasteiger partial charge in [-0.15, -0.1) is 0 Å². The lowest BCUT2D eigenvalue weighted by Crippen LogP contribution is -2.63. The van der Waals surface area contributed by atoms with E-state index in [1.54, 1.807) is 0 Å². The van der Waals surface area contributed by atoms with Crippen molar-refractivity contribution < 1.29 is 23.9 Å². The summed E-state index contributed by atoms with van der Waals surface area (Å²) in [5, 5.41) is 2.57. The summed E-state index contributed by atoms with van der Waals surface area (Å²) >= 11 is 0. The number of nitrogens with zero attached hydrogens (tertiary/aromatic N) is 2. The van der Waals surface area contributed by atoms with Gasteiger partial charge >= 0.3 is 5.97 Å². The van der Waals surface area contributed by atoms with E-state index in [9.17, 15) is 19.2 Å². The van der Waals surface area contributed by atoms with Crippen LogP contribution in [-0.4, -0.2) is 72.3 Å². The lowest BCUT2D eigenvalue weighted by atomic mass is 9.96. The average Bonchev–Trinajstić information content (AvgIpc) is 2.77. The van der Waals surface area contributed by atoms with Crippen molar-refractivity contribution in [3.63, 3.8) is 0 Å². The Morgan fingerprint density at radius 1 is 1.23 bits per heavy atom. The molecule has 0 unspecified atom stereocenters. The third-order valence-electron chi connectivity index (χ3n) is 5.26. The largest absolute Gasteiger partial charge is 0.468 e. The summed E-state index contributed by atoms with van der Waals surface area (Å²) in [7, 11) is 1.24. The highest BCUT2D eigenvalue weighted by Crippen LogP contribution is 2.22. The number of amides is 3. The molecule has 1 N–H and O–H groups in total. The highest BCUT2D eigenvalue weighted by molar-refractivity contribution is 5.96. The molecule has 1 saturated heterocycles. The number of carbonyl (C=O) groups is 4. The molecule has 1 heterocycles. The number of benzene rings is 1. The van der Waals surface area contributed by atoms with Gasteiger partial charge in [-0.3, -0.25) is 19.2 Å². The Hall–Kier alpha value is -3.16. The Kier molecular flexibility index (Phi) is 8.78. The van der Waals surface area contributed by atoms with Gasteiger partial charge in [0.15, 0.2) is 0 Å². The monoisotopic (exact) mass is 429 g/mol. The molecule has 168 valence electrons. The van der Waals surface area contributed by atoms with Gasteiger partial charge in [-0.05, 0) is 24.0 Å². The van der Waals surface area contributed by atoms with Crippen LogP contribution in [0.1, 0.15) is 25.8 Å². The second-order valence-electron chi connectivity index (χ2n) is 7.91. The summed E-state index contributed by atoms with van der Waals surface area (Å²) in [6.07, 6.45) is 1.99. The number of methoxy groups -OCH3 is 1. The molecule has 0 radical (unpaired) electrons. The van der Waals surface area contributed by atoms with Crippen LogP contribution in [0.25, 0.3) is 0 Å². The first kappa shape index (κ1) is 24.1. The van der Waals surface area contributed by atoms with Crippen molar-refractivity contribution >= 4 is 23.7 Å². The number of esters is 1. The first-order chi connectivity index (χ1) is 14.8. The molecule has 8 heteroatoms. The zero-order valence-corrected chi connectivity index (χ0v) is 18.4. The van der Waals surface area contributed by atoms with Gasteiger partial charge in [0.25, 0.3) is 0 Å². The van der Waals surface area contributed by atoms with Gasteiger partial charge in [0.1, 0.15) is 18.6 Å². The average molecular weight is 430 g/mol. The highest BCUT2D eigenvalue weighted by Gasteiger charge is 2.41. The quantitative estimate of drug-likeness (QED) is 0.469. The number of hydrogen-bond donors (Lipinski definition) is 1. The second-order valence-corrected chi connectivity index (χ2v) is 7.91. The van der Waals surface area contributed by atoms with Crippen LogP contribution in [0, 0.1) is 5.92 Å². The minimum atomic E-state index is -0.810. The van der Waals surface area contributed by atoms with E-state index in [0.717, 1.165) is 5.56 Å². The van der Waals surface area contributed by atoms with E-state index in [4.69, 9.17) is 0 Å². The van der Waals surface area contributed by atoms with Crippen molar-refractivity contribution in [2.45, 2.75) is 38.8 Å². The Morgan fingerprint density at radius 3 is 2.48 bits per heavy atom. The number of nitrogens with one attached hydrogen (secondary N) is 1. The van der Waals surface area contributed by atoms with Crippen molar-refractivity contribution in [1.82, 2.24) is 15.1 Å². The van der Waals surface area contributed by atoms with Gasteiger partial charge in [-0.25, -0.2) is 0 Å². The van der Waals surface area contributed by atoms with E-state index < -0.39 is 24.0 Å². The molecule has 1 aromatic carbocycles. The molecule has 1 aliphatic rings. The van der Waals surface area contributed by atoms with Crippen LogP contribution in [0.15, 0.2) is 43.0 Å². The Balaban J connectivity index is 2.31. The molecule has 0 aliphatic carbocycles. The molecule has 0 aromatic heterocycles. The zero-order valence-electron chi connectivity index (χ0n) is 18.4. The summed E-state index contributed by atoms with van der Waals surface area (Å²) in [6, 6.07) is 7.90. The van der Waals surface area contributed by atoms with Crippen molar-refractivity contribution in [2.24, 2.45) is 5.92 Å². The van der Waals surface area contributed by atoms with Crippen LogP contribution >= 0.6 is 0 Å². The van der Waals surface area contributed by atoms with E-state index in [1.807, 2.05) is 44.2 Å².